The van der Waals surface area contributed by atoms with Crippen LogP contribution in [0, 0.1) is 12.8 Å². The van der Waals surface area contributed by atoms with Crippen molar-refractivity contribution in [1.82, 2.24) is 5.32 Å². The SMILES string of the molecule is Cc1ccc(OCC(=O)NCC(O)(c2ccco2)C2CC2)cc1. The van der Waals surface area contributed by atoms with Crippen LogP contribution < -0.4 is 10.1 Å². The molecule has 23 heavy (non-hydrogen) atoms. The van der Waals surface area contributed by atoms with E-state index in [4.69, 9.17) is 9.15 Å². The first-order valence-corrected chi connectivity index (χ1v) is 7.80. The molecule has 1 aromatic carbocycles. The summed E-state index contributed by atoms with van der Waals surface area (Å²) in [5, 5.41) is 13.6. The number of rotatable bonds is 7. The van der Waals surface area contributed by atoms with Gasteiger partial charge < -0.3 is 19.6 Å². The fraction of sp³-hybridized carbons (Fsp3) is 0.389. The molecule has 0 radical (unpaired) electrons. The van der Waals surface area contributed by atoms with E-state index in [2.05, 4.69) is 5.32 Å². The maximum atomic E-state index is 12.0. The average molecular weight is 315 g/mol. The summed E-state index contributed by atoms with van der Waals surface area (Å²) in [6.07, 6.45) is 3.41. The van der Waals surface area contributed by atoms with Crippen LogP contribution in [0.2, 0.25) is 0 Å². The number of benzene rings is 1. The van der Waals surface area contributed by atoms with Gasteiger partial charge in [-0.3, -0.25) is 4.79 Å². The fourth-order valence-corrected chi connectivity index (χ4v) is 2.59. The van der Waals surface area contributed by atoms with Gasteiger partial charge in [-0.2, -0.15) is 0 Å². The van der Waals surface area contributed by atoms with Crippen LogP contribution in [-0.4, -0.2) is 24.2 Å². The van der Waals surface area contributed by atoms with E-state index in [9.17, 15) is 9.90 Å². The zero-order valence-electron chi connectivity index (χ0n) is 13.1. The minimum absolute atomic E-state index is 0.0814. The van der Waals surface area contributed by atoms with Crippen LogP contribution in [-0.2, 0) is 10.4 Å². The Labute approximate surface area is 135 Å². The smallest absolute Gasteiger partial charge is 0.258 e. The number of carbonyl (C=O) groups is 1. The van der Waals surface area contributed by atoms with E-state index >= 15 is 0 Å². The highest BCUT2D eigenvalue weighted by Gasteiger charge is 2.47. The first kappa shape index (κ1) is 15.6. The number of aliphatic hydroxyl groups is 1. The third-order valence-corrected chi connectivity index (χ3v) is 4.15. The maximum absolute atomic E-state index is 12.0. The predicted molar refractivity (Wildman–Crippen MR) is 85.0 cm³/mol. The van der Waals surface area contributed by atoms with Gasteiger partial charge in [0, 0.05) is 0 Å². The molecule has 1 amide bonds. The Morgan fingerprint density at radius 3 is 2.70 bits per heavy atom. The summed E-state index contributed by atoms with van der Waals surface area (Å²) in [6.45, 7) is 2.03. The van der Waals surface area contributed by atoms with Crippen LogP contribution >= 0.6 is 0 Å². The Bertz CT molecular complexity index is 646. The Morgan fingerprint density at radius 1 is 1.35 bits per heavy atom. The van der Waals surface area contributed by atoms with E-state index in [1.165, 1.54) is 6.26 Å². The molecule has 0 aliphatic heterocycles. The van der Waals surface area contributed by atoms with Crippen LogP contribution in [0.4, 0.5) is 0 Å². The number of ether oxygens (including phenoxy) is 1. The molecule has 1 aliphatic carbocycles. The topological polar surface area (TPSA) is 71.7 Å². The van der Waals surface area contributed by atoms with Gasteiger partial charge in [-0.25, -0.2) is 0 Å². The molecular formula is C18H21NO4. The molecule has 1 fully saturated rings. The number of hydrogen-bond donors (Lipinski definition) is 2. The summed E-state index contributed by atoms with van der Waals surface area (Å²) in [5.74, 6) is 1.01. The van der Waals surface area contributed by atoms with Crippen LogP contribution in [0.5, 0.6) is 5.75 Å². The van der Waals surface area contributed by atoms with Crippen molar-refractivity contribution in [3.05, 3.63) is 54.0 Å². The highest BCUT2D eigenvalue weighted by atomic mass is 16.5. The van der Waals surface area contributed by atoms with E-state index in [1.54, 1.807) is 12.1 Å². The maximum Gasteiger partial charge on any atom is 0.258 e. The highest BCUT2D eigenvalue weighted by Crippen LogP contribution is 2.45. The van der Waals surface area contributed by atoms with Crippen LogP contribution in [0.3, 0.4) is 0 Å². The van der Waals surface area contributed by atoms with E-state index < -0.39 is 5.60 Å². The molecule has 5 heteroatoms. The number of nitrogens with one attached hydrogen (secondary N) is 1. The van der Waals surface area contributed by atoms with Gasteiger partial charge in [0.25, 0.3) is 5.91 Å². The standard InChI is InChI=1S/C18H21NO4/c1-13-4-8-15(9-5-13)23-11-17(20)19-12-18(21,14-6-7-14)16-3-2-10-22-16/h2-5,8-10,14,21H,6-7,11-12H2,1H3,(H,19,20). The minimum Gasteiger partial charge on any atom is -0.484 e. The summed E-state index contributed by atoms with van der Waals surface area (Å²) in [7, 11) is 0. The predicted octanol–water partition coefficient (Wildman–Crippen LogP) is 2.38. The number of hydrogen-bond acceptors (Lipinski definition) is 4. The molecular weight excluding hydrogens is 294 g/mol. The second kappa shape index (κ2) is 6.46. The molecule has 1 heterocycles. The van der Waals surface area contributed by atoms with E-state index in [1.807, 2.05) is 31.2 Å². The van der Waals surface area contributed by atoms with E-state index in [0.29, 0.717) is 11.5 Å². The van der Waals surface area contributed by atoms with Gasteiger partial charge in [0.15, 0.2) is 6.61 Å². The molecule has 0 saturated heterocycles. The lowest BCUT2D eigenvalue weighted by Gasteiger charge is -2.26. The van der Waals surface area contributed by atoms with Gasteiger partial charge in [-0.1, -0.05) is 17.7 Å². The Kier molecular flexibility index (Phi) is 4.39. The van der Waals surface area contributed by atoms with Crippen LogP contribution in [0.1, 0.15) is 24.2 Å². The second-order valence-electron chi connectivity index (χ2n) is 6.05. The summed E-state index contributed by atoms with van der Waals surface area (Å²) in [6, 6.07) is 11.0. The average Bonchev–Trinajstić information content (AvgIpc) is 3.27. The van der Waals surface area contributed by atoms with E-state index in [-0.39, 0.29) is 25.0 Å². The third kappa shape index (κ3) is 3.74. The lowest BCUT2D eigenvalue weighted by molar-refractivity contribution is -0.125. The monoisotopic (exact) mass is 315 g/mol. The van der Waals surface area contributed by atoms with Crippen molar-refractivity contribution >= 4 is 5.91 Å². The van der Waals surface area contributed by atoms with Crippen molar-refractivity contribution < 1.29 is 19.1 Å². The van der Waals surface area contributed by atoms with Gasteiger partial charge >= 0.3 is 0 Å². The molecule has 0 bridgehead atoms. The van der Waals surface area contributed by atoms with Crippen molar-refractivity contribution in [1.29, 1.82) is 0 Å². The first-order valence-electron chi connectivity index (χ1n) is 7.80. The normalized spacial score (nSPS) is 16.6. The molecule has 2 aromatic rings. The number of aryl methyl sites for hydroxylation is 1. The molecule has 1 atom stereocenters. The number of amides is 1. The summed E-state index contributed by atoms with van der Waals surface area (Å²) in [4.78, 5) is 12.0. The Balaban J connectivity index is 1.52. The van der Waals surface area contributed by atoms with Crippen LogP contribution in [0.25, 0.3) is 0 Å². The molecule has 1 aliphatic rings. The Morgan fingerprint density at radius 2 is 2.09 bits per heavy atom. The van der Waals surface area contributed by atoms with Crippen molar-refractivity contribution in [3.63, 3.8) is 0 Å². The summed E-state index contributed by atoms with van der Waals surface area (Å²) < 4.78 is 10.8. The second-order valence-corrected chi connectivity index (χ2v) is 6.05. The number of furan rings is 1. The molecule has 0 spiro atoms. The number of carbonyl (C=O) groups excluding carboxylic acids is 1. The minimum atomic E-state index is -1.14. The third-order valence-electron chi connectivity index (χ3n) is 4.15. The quantitative estimate of drug-likeness (QED) is 0.823. The fourth-order valence-electron chi connectivity index (χ4n) is 2.59. The molecule has 1 unspecified atom stereocenters. The lowest BCUT2D eigenvalue weighted by atomic mass is 9.94. The lowest BCUT2D eigenvalue weighted by Crippen LogP contribution is -2.43. The van der Waals surface area contributed by atoms with Crippen molar-refractivity contribution in [2.45, 2.75) is 25.4 Å². The van der Waals surface area contributed by atoms with Crippen molar-refractivity contribution in [3.8, 4) is 5.75 Å². The van der Waals surface area contributed by atoms with Gasteiger partial charge in [-0.15, -0.1) is 0 Å². The molecule has 3 rings (SSSR count). The van der Waals surface area contributed by atoms with Gasteiger partial charge in [0.05, 0.1) is 12.8 Å². The molecule has 1 saturated carbocycles. The molecule has 1 aromatic heterocycles. The Hall–Kier alpha value is -2.27. The molecule has 122 valence electrons. The highest BCUT2D eigenvalue weighted by molar-refractivity contribution is 5.77. The van der Waals surface area contributed by atoms with Gasteiger partial charge in [0.1, 0.15) is 17.1 Å². The first-order chi connectivity index (χ1) is 11.1. The summed E-state index contributed by atoms with van der Waals surface area (Å²) >= 11 is 0. The summed E-state index contributed by atoms with van der Waals surface area (Å²) in [5.41, 5.74) is -0.00187. The zero-order chi connectivity index (χ0) is 16.3. The van der Waals surface area contributed by atoms with Crippen molar-refractivity contribution in [2.75, 3.05) is 13.2 Å². The molecule has 5 nitrogen and oxygen atoms in total. The molecule has 2 N–H and O–H groups in total. The largest absolute Gasteiger partial charge is 0.484 e. The van der Waals surface area contributed by atoms with Gasteiger partial charge in [-0.05, 0) is 49.9 Å². The van der Waals surface area contributed by atoms with Gasteiger partial charge in [0.2, 0.25) is 0 Å². The zero-order valence-corrected chi connectivity index (χ0v) is 13.1. The van der Waals surface area contributed by atoms with Crippen molar-refractivity contribution in [2.24, 2.45) is 5.92 Å². The van der Waals surface area contributed by atoms with Crippen LogP contribution in [0.15, 0.2) is 47.1 Å². The van der Waals surface area contributed by atoms with E-state index in [0.717, 1.165) is 18.4 Å².